The van der Waals surface area contributed by atoms with Crippen LogP contribution < -0.4 is 5.32 Å². The number of nitrogens with one attached hydrogen (secondary N) is 1. The fourth-order valence-corrected chi connectivity index (χ4v) is 5.41. The van der Waals surface area contributed by atoms with E-state index in [1.54, 1.807) is 49.4 Å². The highest BCUT2D eigenvalue weighted by Gasteiger charge is 2.49. The van der Waals surface area contributed by atoms with E-state index >= 15 is 0 Å². The normalized spacial score (nSPS) is 22.2. The SMILES string of the molecule is C[C@@]1(c2ccccc2)NC(=O)N(CC(=O)N2CCN(S(=O)(=O)c3ccccc3)CC2)C1=O. The topological polar surface area (TPSA) is 107 Å². The van der Waals surface area contributed by atoms with Crippen LogP contribution in [0.2, 0.25) is 0 Å². The van der Waals surface area contributed by atoms with Gasteiger partial charge >= 0.3 is 6.03 Å². The number of benzene rings is 2. The fraction of sp³-hybridized carbons (Fsp3) is 0.318. The minimum atomic E-state index is -3.63. The van der Waals surface area contributed by atoms with Crippen LogP contribution in [0.5, 0.6) is 0 Å². The maximum Gasteiger partial charge on any atom is 0.325 e. The van der Waals surface area contributed by atoms with E-state index in [2.05, 4.69) is 5.32 Å². The first-order chi connectivity index (χ1) is 15.2. The molecular formula is C22H24N4O5S. The monoisotopic (exact) mass is 456 g/mol. The van der Waals surface area contributed by atoms with Gasteiger partial charge in [0, 0.05) is 26.2 Å². The summed E-state index contributed by atoms with van der Waals surface area (Å²) in [6.07, 6.45) is 0. The Morgan fingerprint density at radius 1 is 0.938 bits per heavy atom. The van der Waals surface area contributed by atoms with Crippen molar-refractivity contribution in [2.75, 3.05) is 32.7 Å². The maximum absolute atomic E-state index is 13.0. The van der Waals surface area contributed by atoms with Gasteiger partial charge in [-0.3, -0.25) is 14.5 Å². The number of rotatable bonds is 5. The van der Waals surface area contributed by atoms with Crippen LogP contribution >= 0.6 is 0 Å². The van der Waals surface area contributed by atoms with Crippen molar-refractivity contribution in [1.82, 2.24) is 19.4 Å². The minimum Gasteiger partial charge on any atom is -0.338 e. The van der Waals surface area contributed by atoms with E-state index in [-0.39, 0.29) is 31.1 Å². The Kier molecular flexibility index (Phi) is 5.74. The summed E-state index contributed by atoms with van der Waals surface area (Å²) >= 11 is 0. The first kappa shape index (κ1) is 22.0. The average molecular weight is 457 g/mol. The van der Waals surface area contributed by atoms with Crippen molar-refractivity contribution < 1.29 is 22.8 Å². The number of amides is 4. The molecule has 0 radical (unpaired) electrons. The van der Waals surface area contributed by atoms with Crippen LogP contribution in [0.15, 0.2) is 65.6 Å². The lowest BCUT2D eigenvalue weighted by atomic mass is 9.92. The number of imide groups is 1. The molecule has 32 heavy (non-hydrogen) atoms. The number of carbonyl (C=O) groups excluding carboxylic acids is 3. The first-order valence-electron chi connectivity index (χ1n) is 10.3. The largest absolute Gasteiger partial charge is 0.338 e. The molecule has 0 aliphatic carbocycles. The van der Waals surface area contributed by atoms with Crippen molar-refractivity contribution in [3.8, 4) is 0 Å². The molecule has 4 amide bonds. The van der Waals surface area contributed by atoms with E-state index in [0.29, 0.717) is 5.56 Å². The van der Waals surface area contributed by atoms with Gasteiger partial charge in [0.05, 0.1) is 4.90 Å². The summed E-state index contributed by atoms with van der Waals surface area (Å²) in [7, 11) is -3.63. The van der Waals surface area contributed by atoms with Gasteiger partial charge in [-0.05, 0) is 24.6 Å². The third kappa shape index (κ3) is 3.87. The van der Waals surface area contributed by atoms with Crippen molar-refractivity contribution >= 4 is 27.9 Å². The van der Waals surface area contributed by atoms with E-state index in [4.69, 9.17) is 0 Å². The number of piperazine rings is 1. The summed E-state index contributed by atoms with van der Waals surface area (Å²) in [5.41, 5.74) is -0.603. The quantitative estimate of drug-likeness (QED) is 0.675. The first-order valence-corrected chi connectivity index (χ1v) is 11.7. The zero-order chi connectivity index (χ0) is 22.9. The molecule has 2 aliphatic rings. The number of urea groups is 1. The predicted octanol–water partition coefficient (Wildman–Crippen LogP) is 0.987. The smallest absolute Gasteiger partial charge is 0.325 e. The Bertz CT molecular complexity index is 1130. The van der Waals surface area contributed by atoms with E-state index in [9.17, 15) is 22.8 Å². The molecule has 2 aliphatic heterocycles. The molecule has 0 unspecified atom stereocenters. The lowest BCUT2D eigenvalue weighted by molar-refractivity contribution is -0.139. The number of sulfonamides is 1. The van der Waals surface area contributed by atoms with Crippen molar-refractivity contribution in [2.24, 2.45) is 0 Å². The minimum absolute atomic E-state index is 0.144. The molecule has 2 fully saturated rings. The second kappa shape index (κ2) is 8.36. The van der Waals surface area contributed by atoms with Crippen LogP contribution in [0.3, 0.4) is 0 Å². The van der Waals surface area contributed by atoms with Crippen molar-refractivity contribution in [2.45, 2.75) is 17.4 Å². The summed E-state index contributed by atoms with van der Waals surface area (Å²) in [5, 5.41) is 2.68. The average Bonchev–Trinajstić information content (AvgIpc) is 3.04. The summed E-state index contributed by atoms with van der Waals surface area (Å²) in [6.45, 7) is 1.88. The number of nitrogens with zero attached hydrogens (tertiary/aromatic N) is 3. The molecule has 4 rings (SSSR count). The molecular weight excluding hydrogens is 432 g/mol. The molecule has 10 heteroatoms. The lowest BCUT2D eigenvalue weighted by Gasteiger charge is -2.34. The third-order valence-electron chi connectivity index (χ3n) is 5.89. The maximum atomic E-state index is 13.0. The second-order valence-electron chi connectivity index (χ2n) is 7.91. The molecule has 9 nitrogen and oxygen atoms in total. The molecule has 168 valence electrons. The molecule has 2 aromatic rings. The van der Waals surface area contributed by atoms with Gasteiger partial charge in [-0.15, -0.1) is 0 Å². The van der Waals surface area contributed by atoms with Crippen LogP contribution in [0, 0.1) is 0 Å². The number of hydrogen-bond donors (Lipinski definition) is 1. The molecule has 1 atom stereocenters. The lowest BCUT2D eigenvalue weighted by Crippen LogP contribution is -2.53. The third-order valence-corrected chi connectivity index (χ3v) is 7.80. The molecule has 0 aromatic heterocycles. The molecule has 1 N–H and O–H groups in total. The number of carbonyl (C=O) groups is 3. The van der Waals surface area contributed by atoms with Crippen molar-refractivity contribution in [1.29, 1.82) is 0 Å². The summed E-state index contributed by atoms with van der Waals surface area (Å²) in [4.78, 5) is 40.9. The van der Waals surface area contributed by atoms with Crippen LogP contribution in [0.4, 0.5) is 4.79 Å². The Morgan fingerprint density at radius 2 is 1.50 bits per heavy atom. The molecule has 2 saturated heterocycles. The molecule has 0 spiro atoms. The Balaban J connectivity index is 1.39. The van der Waals surface area contributed by atoms with Gasteiger partial charge in [0.15, 0.2) is 0 Å². The highest BCUT2D eigenvalue weighted by Crippen LogP contribution is 2.28. The van der Waals surface area contributed by atoms with Crippen LogP contribution in [-0.2, 0) is 25.2 Å². The van der Waals surface area contributed by atoms with Gasteiger partial charge in [0.1, 0.15) is 12.1 Å². The summed E-state index contributed by atoms with van der Waals surface area (Å²) in [6, 6.07) is 16.4. The van der Waals surface area contributed by atoms with E-state index in [1.165, 1.54) is 21.3 Å². The molecule has 0 saturated carbocycles. The van der Waals surface area contributed by atoms with Crippen LogP contribution in [0.25, 0.3) is 0 Å². The van der Waals surface area contributed by atoms with E-state index in [1.807, 2.05) is 6.07 Å². The Morgan fingerprint density at radius 3 is 2.09 bits per heavy atom. The number of hydrogen-bond acceptors (Lipinski definition) is 5. The highest BCUT2D eigenvalue weighted by molar-refractivity contribution is 7.89. The Hall–Kier alpha value is -3.24. The van der Waals surface area contributed by atoms with E-state index < -0.39 is 40.0 Å². The molecule has 2 heterocycles. The van der Waals surface area contributed by atoms with Crippen molar-refractivity contribution in [3.63, 3.8) is 0 Å². The fourth-order valence-electron chi connectivity index (χ4n) is 3.96. The standard InChI is InChI=1S/C22H24N4O5S/c1-22(17-8-4-2-5-9-17)20(28)26(21(29)23-22)16-19(27)24-12-14-25(15-13-24)32(30,31)18-10-6-3-7-11-18/h2-11H,12-16H2,1H3,(H,23,29)/t22-/m0/s1. The predicted molar refractivity (Wildman–Crippen MR) is 116 cm³/mol. The van der Waals surface area contributed by atoms with Gasteiger partial charge in [-0.1, -0.05) is 48.5 Å². The van der Waals surface area contributed by atoms with Gasteiger partial charge in [0.25, 0.3) is 5.91 Å². The molecule has 0 bridgehead atoms. The van der Waals surface area contributed by atoms with E-state index in [0.717, 1.165) is 4.90 Å². The second-order valence-corrected chi connectivity index (χ2v) is 9.85. The Labute approximate surface area is 186 Å². The zero-order valence-corrected chi connectivity index (χ0v) is 18.4. The van der Waals surface area contributed by atoms with Gasteiger partial charge in [-0.2, -0.15) is 4.31 Å². The highest BCUT2D eigenvalue weighted by atomic mass is 32.2. The van der Waals surface area contributed by atoms with Gasteiger partial charge < -0.3 is 10.2 Å². The van der Waals surface area contributed by atoms with Crippen LogP contribution in [-0.4, -0.2) is 73.1 Å². The van der Waals surface area contributed by atoms with Gasteiger partial charge in [-0.25, -0.2) is 13.2 Å². The molecule has 2 aromatic carbocycles. The summed E-state index contributed by atoms with van der Waals surface area (Å²) < 4.78 is 26.8. The van der Waals surface area contributed by atoms with Crippen molar-refractivity contribution in [3.05, 3.63) is 66.2 Å². The van der Waals surface area contributed by atoms with Gasteiger partial charge in [0.2, 0.25) is 15.9 Å². The summed E-state index contributed by atoms with van der Waals surface area (Å²) in [5.74, 6) is -0.894. The zero-order valence-electron chi connectivity index (χ0n) is 17.6. The van der Waals surface area contributed by atoms with Crippen LogP contribution in [0.1, 0.15) is 12.5 Å².